The summed E-state index contributed by atoms with van der Waals surface area (Å²) in [5.41, 5.74) is -0.869. The van der Waals surface area contributed by atoms with Gasteiger partial charge in [0.2, 0.25) is 0 Å². The number of benzene rings is 1. The molecule has 0 spiro atoms. The van der Waals surface area contributed by atoms with Crippen LogP contribution in [0.4, 0.5) is 0 Å². The molecule has 0 heterocycles. The van der Waals surface area contributed by atoms with Gasteiger partial charge in [0.25, 0.3) is 0 Å². The maximum atomic E-state index is 12.8. The van der Waals surface area contributed by atoms with Crippen LogP contribution < -0.4 is 0 Å². The second-order valence-electron chi connectivity index (χ2n) is 5.30. The minimum absolute atomic E-state index is 0.109. The van der Waals surface area contributed by atoms with Crippen molar-refractivity contribution in [2.45, 2.75) is 18.8 Å². The molecule has 0 fully saturated rings. The van der Waals surface area contributed by atoms with Gasteiger partial charge in [-0.05, 0) is 12.5 Å². The van der Waals surface area contributed by atoms with Crippen molar-refractivity contribution in [3.8, 4) is 0 Å². The molecule has 0 aliphatic heterocycles. The highest BCUT2D eigenvalue weighted by Gasteiger charge is 2.52. The molecule has 6 heteroatoms. The first-order valence-electron chi connectivity index (χ1n) is 7.62. The fourth-order valence-corrected chi connectivity index (χ4v) is 2.28. The standard InChI is InChI=1S/C19H22O6/c1-5-10-24-17(21)19(13-16(20)23-4,18(22)25-11-6-2)15-9-7-8-14(3)12-15/h5-9,12H,1-2,10-11,13H2,3-4H3. The Morgan fingerprint density at radius 2 is 1.64 bits per heavy atom. The molecule has 0 saturated heterocycles. The minimum atomic E-state index is -1.97. The average Bonchev–Trinajstić information content (AvgIpc) is 2.61. The van der Waals surface area contributed by atoms with Crippen molar-refractivity contribution in [1.29, 1.82) is 0 Å². The van der Waals surface area contributed by atoms with Crippen LogP contribution in [0.3, 0.4) is 0 Å². The highest BCUT2D eigenvalue weighted by molar-refractivity contribution is 6.09. The lowest BCUT2D eigenvalue weighted by molar-refractivity contribution is -0.168. The number of hydrogen-bond acceptors (Lipinski definition) is 6. The van der Waals surface area contributed by atoms with Crippen molar-refractivity contribution >= 4 is 17.9 Å². The highest BCUT2D eigenvalue weighted by atomic mass is 16.6. The van der Waals surface area contributed by atoms with Crippen molar-refractivity contribution in [2.24, 2.45) is 0 Å². The summed E-state index contributed by atoms with van der Waals surface area (Å²) in [5.74, 6) is -2.55. The Bertz CT molecular complexity index is 638. The van der Waals surface area contributed by atoms with Gasteiger partial charge >= 0.3 is 17.9 Å². The maximum absolute atomic E-state index is 12.8. The lowest BCUT2D eigenvalue weighted by Gasteiger charge is -2.28. The summed E-state index contributed by atoms with van der Waals surface area (Å²) >= 11 is 0. The predicted molar refractivity (Wildman–Crippen MR) is 91.8 cm³/mol. The monoisotopic (exact) mass is 346 g/mol. The maximum Gasteiger partial charge on any atom is 0.329 e. The van der Waals surface area contributed by atoms with E-state index in [4.69, 9.17) is 9.47 Å². The summed E-state index contributed by atoms with van der Waals surface area (Å²) < 4.78 is 14.9. The number of carbonyl (C=O) groups excluding carboxylic acids is 3. The molecule has 25 heavy (non-hydrogen) atoms. The van der Waals surface area contributed by atoms with Gasteiger partial charge in [-0.3, -0.25) is 14.4 Å². The molecule has 1 aromatic carbocycles. The fourth-order valence-electron chi connectivity index (χ4n) is 2.28. The molecule has 0 bridgehead atoms. The molecule has 0 amide bonds. The van der Waals surface area contributed by atoms with Crippen LogP contribution in [0, 0.1) is 6.92 Å². The van der Waals surface area contributed by atoms with Gasteiger partial charge in [0.1, 0.15) is 13.2 Å². The summed E-state index contributed by atoms with van der Waals surface area (Å²) in [5, 5.41) is 0. The van der Waals surface area contributed by atoms with E-state index in [1.54, 1.807) is 31.2 Å². The van der Waals surface area contributed by atoms with Crippen molar-refractivity contribution < 1.29 is 28.6 Å². The summed E-state index contributed by atoms with van der Waals surface area (Å²) in [7, 11) is 1.17. The number of esters is 3. The Morgan fingerprint density at radius 1 is 1.08 bits per heavy atom. The molecule has 0 radical (unpaired) electrons. The molecule has 6 nitrogen and oxygen atoms in total. The van der Waals surface area contributed by atoms with Gasteiger partial charge in [-0.1, -0.05) is 55.1 Å². The van der Waals surface area contributed by atoms with Gasteiger partial charge < -0.3 is 14.2 Å². The van der Waals surface area contributed by atoms with Crippen LogP contribution in [0.25, 0.3) is 0 Å². The van der Waals surface area contributed by atoms with E-state index >= 15 is 0 Å². The molecule has 0 aliphatic rings. The van der Waals surface area contributed by atoms with E-state index in [1.165, 1.54) is 19.3 Å². The molecule has 0 aromatic heterocycles. The number of ether oxygens (including phenoxy) is 3. The van der Waals surface area contributed by atoms with Crippen molar-refractivity contribution in [2.75, 3.05) is 20.3 Å². The zero-order valence-electron chi connectivity index (χ0n) is 14.4. The van der Waals surface area contributed by atoms with E-state index in [9.17, 15) is 14.4 Å². The summed E-state index contributed by atoms with van der Waals surface area (Å²) in [6, 6.07) is 6.68. The fraction of sp³-hybridized carbons (Fsp3) is 0.316. The lowest BCUT2D eigenvalue weighted by Crippen LogP contribution is -2.48. The average molecular weight is 346 g/mol. The number of methoxy groups -OCH3 is 1. The SMILES string of the molecule is C=CCOC(=O)C(CC(=O)OC)(C(=O)OCC=C)c1cccc(C)c1. The lowest BCUT2D eigenvalue weighted by atomic mass is 9.77. The number of rotatable bonds is 9. The van der Waals surface area contributed by atoms with Gasteiger partial charge in [-0.25, -0.2) is 0 Å². The predicted octanol–water partition coefficient (Wildman–Crippen LogP) is 2.25. The van der Waals surface area contributed by atoms with Crippen LogP contribution in [-0.2, 0) is 34.0 Å². The molecule has 1 rings (SSSR count). The highest BCUT2D eigenvalue weighted by Crippen LogP contribution is 2.33. The summed E-state index contributed by atoms with van der Waals surface area (Å²) in [4.78, 5) is 37.5. The first-order chi connectivity index (χ1) is 11.9. The van der Waals surface area contributed by atoms with Crippen LogP contribution in [0.5, 0.6) is 0 Å². The van der Waals surface area contributed by atoms with Crippen molar-refractivity contribution in [3.63, 3.8) is 0 Å². The van der Waals surface area contributed by atoms with E-state index < -0.39 is 29.7 Å². The van der Waals surface area contributed by atoms with Crippen molar-refractivity contribution in [1.82, 2.24) is 0 Å². The Morgan fingerprint density at radius 3 is 2.08 bits per heavy atom. The third-order valence-electron chi connectivity index (χ3n) is 3.51. The second-order valence-corrected chi connectivity index (χ2v) is 5.30. The normalized spacial score (nSPS) is 10.5. The molecule has 0 atom stereocenters. The first-order valence-corrected chi connectivity index (χ1v) is 7.62. The Labute approximate surface area is 147 Å². The summed E-state index contributed by atoms with van der Waals surface area (Å²) in [6.07, 6.45) is 2.19. The molecule has 134 valence electrons. The first kappa shape index (κ1) is 20.2. The zero-order chi connectivity index (χ0) is 18.9. The van der Waals surface area contributed by atoms with Gasteiger partial charge in [0, 0.05) is 0 Å². The topological polar surface area (TPSA) is 78.9 Å². The van der Waals surface area contributed by atoms with Gasteiger partial charge in [-0.2, -0.15) is 0 Å². The van der Waals surface area contributed by atoms with Crippen molar-refractivity contribution in [3.05, 3.63) is 60.7 Å². The van der Waals surface area contributed by atoms with Crippen LogP contribution >= 0.6 is 0 Å². The van der Waals surface area contributed by atoms with E-state index in [-0.39, 0.29) is 13.2 Å². The molecular weight excluding hydrogens is 324 g/mol. The molecule has 0 saturated carbocycles. The third-order valence-corrected chi connectivity index (χ3v) is 3.51. The second kappa shape index (κ2) is 9.42. The number of carbonyl (C=O) groups is 3. The Hall–Kier alpha value is -2.89. The largest absolute Gasteiger partial charge is 0.469 e. The van der Waals surface area contributed by atoms with Crippen LogP contribution in [-0.4, -0.2) is 38.2 Å². The van der Waals surface area contributed by atoms with Crippen LogP contribution in [0.2, 0.25) is 0 Å². The van der Waals surface area contributed by atoms with E-state index in [2.05, 4.69) is 17.9 Å². The third kappa shape index (κ3) is 4.79. The van der Waals surface area contributed by atoms with Crippen LogP contribution in [0.15, 0.2) is 49.6 Å². The van der Waals surface area contributed by atoms with Crippen LogP contribution in [0.1, 0.15) is 17.5 Å². The Balaban J connectivity index is 3.52. The molecule has 0 N–H and O–H groups in total. The number of hydrogen-bond donors (Lipinski definition) is 0. The van der Waals surface area contributed by atoms with E-state index in [0.717, 1.165) is 5.56 Å². The minimum Gasteiger partial charge on any atom is -0.469 e. The van der Waals surface area contributed by atoms with Gasteiger partial charge in [0.15, 0.2) is 5.41 Å². The summed E-state index contributed by atoms with van der Waals surface area (Å²) in [6.45, 7) is 8.53. The van der Waals surface area contributed by atoms with E-state index in [1.807, 2.05) is 0 Å². The number of aryl methyl sites for hydroxylation is 1. The van der Waals surface area contributed by atoms with Gasteiger partial charge in [0.05, 0.1) is 13.5 Å². The van der Waals surface area contributed by atoms with E-state index in [0.29, 0.717) is 5.56 Å². The quantitative estimate of drug-likeness (QED) is 0.295. The molecule has 1 aromatic rings. The Kier molecular flexibility index (Phi) is 7.59. The zero-order valence-corrected chi connectivity index (χ0v) is 14.4. The van der Waals surface area contributed by atoms with Gasteiger partial charge in [-0.15, -0.1) is 0 Å². The molecule has 0 aliphatic carbocycles. The molecule has 0 unspecified atom stereocenters. The smallest absolute Gasteiger partial charge is 0.329 e. The molecular formula is C19H22O6.